The highest BCUT2D eigenvalue weighted by Gasteiger charge is 2.13. The van der Waals surface area contributed by atoms with E-state index in [9.17, 15) is 14.3 Å². The summed E-state index contributed by atoms with van der Waals surface area (Å²) < 4.78 is 10.6. The molecule has 1 rings (SSSR count). The molecule has 11 heavy (non-hydrogen) atoms. The first-order valence-corrected chi connectivity index (χ1v) is 4.40. The van der Waals surface area contributed by atoms with Gasteiger partial charge in [0, 0.05) is 0 Å². The van der Waals surface area contributed by atoms with Crippen LogP contribution in [0.1, 0.15) is 0 Å². The van der Waals surface area contributed by atoms with Crippen LogP contribution < -0.4 is 5.14 Å². The fourth-order valence-electron chi connectivity index (χ4n) is 0.428. The predicted molar refractivity (Wildman–Crippen MR) is 39.4 cm³/mol. The number of nitro groups is 1. The molecule has 1 heterocycles. The van der Waals surface area contributed by atoms with E-state index in [1.54, 1.807) is 0 Å². The van der Waals surface area contributed by atoms with Crippen molar-refractivity contribution in [2.45, 2.75) is 4.34 Å². The SMILES string of the molecule is NS(=O)c1ncc([N+](=O)[O-])s1. The van der Waals surface area contributed by atoms with Crippen LogP contribution in [-0.4, -0.2) is 14.1 Å². The molecular formula is C3H3N3O3S2. The Hall–Kier alpha value is -0.860. The van der Waals surface area contributed by atoms with Gasteiger partial charge in [-0.25, -0.2) is 14.3 Å². The first-order chi connectivity index (χ1) is 5.11. The molecule has 0 aliphatic carbocycles. The van der Waals surface area contributed by atoms with Crippen LogP contribution in [0.15, 0.2) is 10.5 Å². The Morgan fingerprint density at radius 3 is 2.73 bits per heavy atom. The number of hydrogen-bond acceptors (Lipinski definition) is 5. The van der Waals surface area contributed by atoms with Gasteiger partial charge in [0.2, 0.25) is 4.34 Å². The summed E-state index contributed by atoms with van der Waals surface area (Å²) in [4.78, 5) is 13.0. The van der Waals surface area contributed by atoms with Crippen LogP contribution in [0.2, 0.25) is 0 Å². The summed E-state index contributed by atoms with van der Waals surface area (Å²) in [6.45, 7) is 0. The van der Waals surface area contributed by atoms with Crippen LogP contribution in [0.25, 0.3) is 0 Å². The summed E-state index contributed by atoms with van der Waals surface area (Å²) in [7, 11) is -1.72. The van der Waals surface area contributed by atoms with Gasteiger partial charge in [-0.05, 0) is 11.3 Å². The van der Waals surface area contributed by atoms with Crippen molar-refractivity contribution >= 4 is 27.3 Å². The number of nitrogens with zero attached hydrogens (tertiary/aromatic N) is 2. The van der Waals surface area contributed by atoms with Crippen molar-refractivity contribution in [3.63, 3.8) is 0 Å². The summed E-state index contributed by atoms with van der Waals surface area (Å²) >= 11 is 0.714. The molecule has 6 nitrogen and oxygen atoms in total. The second-order valence-electron chi connectivity index (χ2n) is 1.52. The van der Waals surface area contributed by atoms with E-state index >= 15 is 0 Å². The average Bonchev–Trinajstić information content (AvgIpc) is 2.33. The molecule has 0 fully saturated rings. The molecule has 1 unspecified atom stereocenters. The van der Waals surface area contributed by atoms with E-state index < -0.39 is 15.9 Å². The van der Waals surface area contributed by atoms with Gasteiger partial charge in [0.1, 0.15) is 6.20 Å². The summed E-state index contributed by atoms with van der Waals surface area (Å²) in [6, 6.07) is 0. The largest absolute Gasteiger partial charge is 0.344 e. The van der Waals surface area contributed by atoms with Crippen molar-refractivity contribution in [2.24, 2.45) is 5.14 Å². The lowest BCUT2D eigenvalue weighted by Gasteiger charge is -1.81. The van der Waals surface area contributed by atoms with Crippen LogP contribution >= 0.6 is 11.3 Å². The van der Waals surface area contributed by atoms with Gasteiger partial charge in [0.25, 0.3) is 0 Å². The van der Waals surface area contributed by atoms with Gasteiger partial charge in [-0.1, -0.05) is 0 Å². The molecule has 0 spiro atoms. The first kappa shape index (κ1) is 8.24. The fraction of sp³-hybridized carbons (Fsp3) is 0. The van der Waals surface area contributed by atoms with Gasteiger partial charge in [-0.2, -0.15) is 0 Å². The minimum Gasteiger partial charge on any atom is -0.257 e. The minimum atomic E-state index is -1.72. The van der Waals surface area contributed by atoms with Crippen LogP contribution in [0, 0.1) is 10.1 Å². The normalized spacial score (nSPS) is 12.8. The summed E-state index contributed by atoms with van der Waals surface area (Å²) in [5, 5.41) is 14.8. The molecule has 0 amide bonds. The quantitative estimate of drug-likeness (QED) is 0.529. The van der Waals surface area contributed by atoms with Gasteiger partial charge in [-0.15, -0.1) is 0 Å². The van der Waals surface area contributed by atoms with Crippen LogP contribution in [0.3, 0.4) is 0 Å². The van der Waals surface area contributed by atoms with Gasteiger partial charge in [-0.3, -0.25) is 10.1 Å². The first-order valence-electron chi connectivity index (χ1n) is 2.37. The standard InChI is InChI=1S/C3H3N3O3S2/c4-11(9)3-5-1-2(10-3)6(7)8/h1H,4H2. The zero-order chi connectivity index (χ0) is 8.43. The van der Waals surface area contributed by atoms with Gasteiger partial charge < -0.3 is 0 Å². The number of aromatic nitrogens is 1. The van der Waals surface area contributed by atoms with Gasteiger partial charge in [0.15, 0.2) is 11.0 Å². The van der Waals surface area contributed by atoms with E-state index in [1.165, 1.54) is 0 Å². The summed E-state index contributed by atoms with van der Waals surface area (Å²) in [5.41, 5.74) is 0. The molecule has 60 valence electrons. The van der Waals surface area contributed by atoms with Crippen molar-refractivity contribution in [1.29, 1.82) is 0 Å². The highest BCUT2D eigenvalue weighted by molar-refractivity contribution is 7.85. The van der Waals surface area contributed by atoms with Crippen molar-refractivity contribution in [1.82, 2.24) is 4.98 Å². The lowest BCUT2D eigenvalue weighted by molar-refractivity contribution is -0.380. The monoisotopic (exact) mass is 193 g/mol. The molecule has 1 aromatic heterocycles. The Morgan fingerprint density at radius 2 is 2.45 bits per heavy atom. The zero-order valence-corrected chi connectivity index (χ0v) is 6.72. The molecule has 0 saturated heterocycles. The molecule has 0 bridgehead atoms. The van der Waals surface area contributed by atoms with Gasteiger partial charge in [0.05, 0.1) is 4.92 Å². The summed E-state index contributed by atoms with van der Waals surface area (Å²) in [5.74, 6) is 0. The number of thiazole rings is 1. The molecule has 1 atom stereocenters. The molecule has 2 N–H and O–H groups in total. The number of hydrogen-bond donors (Lipinski definition) is 1. The molecule has 0 aliphatic heterocycles. The van der Waals surface area contributed by atoms with Crippen molar-refractivity contribution in [3.8, 4) is 0 Å². The topological polar surface area (TPSA) is 99.1 Å². The molecule has 0 saturated carbocycles. The van der Waals surface area contributed by atoms with Crippen LogP contribution in [0.4, 0.5) is 5.00 Å². The molecule has 0 radical (unpaired) electrons. The molecular weight excluding hydrogens is 190 g/mol. The highest BCUT2D eigenvalue weighted by Crippen LogP contribution is 2.21. The maximum Gasteiger partial charge on any atom is 0.344 e. The smallest absolute Gasteiger partial charge is 0.257 e. The highest BCUT2D eigenvalue weighted by atomic mass is 32.2. The van der Waals surface area contributed by atoms with Crippen molar-refractivity contribution in [2.75, 3.05) is 0 Å². The Labute approximate surface area is 67.8 Å². The van der Waals surface area contributed by atoms with Crippen LogP contribution in [0.5, 0.6) is 0 Å². The Balaban J connectivity index is 2.99. The van der Waals surface area contributed by atoms with Crippen LogP contribution in [-0.2, 0) is 11.0 Å². The third-order valence-electron chi connectivity index (χ3n) is 0.824. The Kier molecular flexibility index (Phi) is 2.27. The Bertz CT molecular complexity index is 280. The predicted octanol–water partition coefficient (Wildman–Crippen LogP) is 0.0326. The third-order valence-corrected chi connectivity index (χ3v) is 2.76. The Morgan fingerprint density at radius 1 is 1.82 bits per heavy atom. The van der Waals surface area contributed by atoms with E-state index in [1.807, 2.05) is 0 Å². The molecule has 8 heteroatoms. The third kappa shape index (κ3) is 1.79. The second-order valence-corrected chi connectivity index (χ2v) is 3.77. The van der Waals surface area contributed by atoms with E-state index in [4.69, 9.17) is 5.14 Å². The minimum absolute atomic E-state index is 0.0664. The number of rotatable bonds is 2. The molecule has 1 aromatic rings. The lowest BCUT2D eigenvalue weighted by Crippen LogP contribution is -2.00. The van der Waals surface area contributed by atoms with E-state index in [0.717, 1.165) is 6.20 Å². The zero-order valence-electron chi connectivity index (χ0n) is 5.09. The number of nitrogens with two attached hydrogens (primary N) is 1. The maximum absolute atomic E-state index is 10.5. The van der Waals surface area contributed by atoms with Crippen molar-refractivity contribution in [3.05, 3.63) is 16.3 Å². The van der Waals surface area contributed by atoms with E-state index in [2.05, 4.69) is 4.98 Å². The average molecular weight is 193 g/mol. The lowest BCUT2D eigenvalue weighted by atomic mass is 10.9. The summed E-state index contributed by atoms with van der Waals surface area (Å²) in [6.07, 6.45) is 1.03. The maximum atomic E-state index is 10.5. The molecule has 0 aromatic carbocycles. The fourth-order valence-corrected chi connectivity index (χ4v) is 1.63. The second kappa shape index (κ2) is 3.03. The van der Waals surface area contributed by atoms with Crippen molar-refractivity contribution < 1.29 is 9.13 Å². The van der Waals surface area contributed by atoms with E-state index in [0.29, 0.717) is 11.3 Å². The van der Waals surface area contributed by atoms with Gasteiger partial charge >= 0.3 is 5.00 Å². The van der Waals surface area contributed by atoms with E-state index in [-0.39, 0.29) is 9.34 Å². The molecule has 0 aliphatic rings.